The molecule has 2 aliphatic rings. The van der Waals surface area contributed by atoms with Gasteiger partial charge in [-0.05, 0) is 61.3 Å². The number of amides is 1. The van der Waals surface area contributed by atoms with Gasteiger partial charge in [-0.3, -0.25) is 4.79 Å². The number of fused-ring (bicyclic) bond motifs is 1. The van der Waals surface area contributed by atoms with Gasteiger partial charge < -0.3 is 15.2 Å². The molecule has 1 aliphatic heterocycles. The molecule has 1 fully saturated rings. The van der Waals surface area contributed by atoms with Gasteiger partial charge in [0, 0.05) is 43.4 Å². The van der Waals surface area contributed by atoms with E-state index >= 15 is 0 Å². The highest BCUT2D eigenvalue weighted by molar-refractivity contribution is 6.87. The highest BCUT2D eigenvalue weighted by Gasteiger charge is 2.34. The molecule has 3 aromatic rings. The SMILES string of the molecule is Cc1cc(C#C[Si](C)(C)C(C)(C)C)ncc1-c1c(C2=CC[C@@H](C(=O)N3CCCC3)CC2)c2c(N)ncnc2n1C. The second kappa shape index (κ2) is 10.5. The lowest BCUT2D eigenvalue weighted by atomic mass is 9.84. The minimum atomic E-state index is -1.74. The van der Waals surface area contributed by atoms with Crippen LogP contribution in [0.5, 0.6) is 0 Å². The molecule has 1 atom stereocenters. The third-order valence-electron chi connectivity index (χ3n) is 9.24. The Morgan fingerprint density at radius 1 is 1.15 bits per heavy atom. The van der Waals surface area contributed by atoms with Crippen LogP contribution in [0.4, 0.5) is 5.82 Å². The number of pyridine rings is 1. The Bertz CT molecular complexity index is 1560. The molecule has 7 nitrogen and oxygen atoms in total. The van der Waals surface area contributed by atoms with Gasteiger partial charge in [0.2, 0.25) is 5.91 Å². The van der Waals surface area contributed by atoms with Crippen LogP contribution in [0.1, 0.15) is 69.7 Å². The van der Waals surface area contributed by atoms with Crippen molar-refractivity contribution < 1.29 is 4.79 Å². The molecule has 40 heavy (non-hydrogen) atoms. The van der Waals surface area contributed by atoms with Crippen molar-refractivity contribution in [3.63, 3.8) is 0 Å². The van der Waals surface area contributed by atoms with Crippen molar-refractivity contribution >= 4 is 36.4 Å². The fourth-order valence-corrected chi connectivity index (χ4v) is 6.48. The first-order valence-electron chi connectivity index (χ1n) is 14.5. The van der Waals surface area contributed by atoms with Gasteiger partial charge in [0.1, 0.15) is 31.6 Å². The van der Waals surface area contributed by atoms with Crippen molar-refractivity contribution in [3.8, 4) is 22.7 Å². The number of likely N-dealkylation sites (tertiary alicyclic amines) is 1. The molecule has 1 aliphatic carbocycles. The van der Waals surface area contributed by atoms with Crippen molar-refractivity contribution in [2.45, 2.75) is 77.9 Å². The van der Waals surface area contributed by atoms with E-state index in [9.17, 15) is 4.79 Å². The summed E-state index contributed by atoms with van der Waals surface area (Å²) < 4.78 is 2.11. The fraction of sp³-hybridized carbons (Fsp3) is 0.500. The van der Waals surface area contributed by atoms with Crippen LogP contribution in [-0.2, 0) is 11.8 Å². The summed E-state index contributed by atoms with van der Waals surface area (Å²) in [5.41, 5.74) is 17.1. The lowest BCUT2D eigenvalue weighted by Crippen LogP contribution is -2.35. The van der Waals surface area contributed by atoms with Crippen LogP contribution in [0.3, 0.4) is 0 Å². The molecule has 1 amide bonds. The summed E-state index contributed by atoms with van der Waals surface area (Å²) in [5, 5.41) is 1.07. The van der Waals surface area contributed by atoms with Gasteiger partial charge in [-0.2, -0.15) is 0 Å². The molecule has 8 heteroatoms. The molecule has 1 saturated heterocycles. The normalized spacial score (nSPS) is 18.0. The molecule has 0 saturated carbocycles. The standard InChI is InChI=1S/C32H42N6OSi/c1-21-18-24(14-17-40(6,7)32(2,3)4)34-19-25(21)28-26(27-29(33)35-20-36-30(27)37(28)5)22-10-12-23(13-11-22)31(39)38-15-8-9-16-38/h10,18-20,23H,8-9,11-13,15-16H2,1-7H3,(H2,33,35,36)/t23-/m1/s1. The van der Waals surface area contributed by atoms with Crippen LogP contribution in [-0.4, -0.2) is 51.5 Å². The summed E-state index contributed by atoms with van der Waals surface area (Å²) in [4.78, 5) is 28.9. The molecule has 0 aromatic carbocycles. The molecule has 210 valence electrons. The zero-order valence-corrected chi connectivity index (χ0v) is 26.1. The third kappa shape index (κ3) is 5.08. The number of hydrogen-bond donors (Lipinski definition) is 1. The molecule has 0 unspecified atom stereocenters. The lowest BCUT2D eigenvalue weighted by Gasteiger charge is -2.31. The number of aromatic nitrogens is 4. The Morgan fingerprint density at radius 2 is 1.88 bits per heavy atom. The number of allylic oxidation sites excluding steroid dienone is 2. The molecule has 0 radical (unpaired) electrons. The monoisotopic (exact) mass is 554 g/mol. The summed E-state index contributed by atoms with van der Waals surface area (Å²) in [6.07, 6.45) is 10.3. The van der Waals surface area contributed by atoms with E-state index in [1.54, 1.807) is 0 Å². The number of nitrogen functional groups attached to an aromatic ring is 1. The number of nitrogens with two attached hydrogens (primary N) is 1. The highest BCUT2D eigenvalue weighted by atomic mass is 28.3. The van der Waals surface area contributed by atoms with Crippen LogP contribution < -0.4 is 5.73 Å². The Balaban J connectivity index is 1.56. The lowest BCUT2D eigenvalue weighted by molar-refractivity contribution is -0.134. The molecule has 3 aromatic heterocycles. The first-order chi connectivity index (χ1) is 18.9. The van der Waals surface area contributed by atoms with Crippen LogP contribution in [0.15, 0.2) is 24.7 Å². The molecule has 5 rings (SSSR count). The molecule has 0 bridgehead atoms. The number of carbonyl (C=O) groups excluding carboxylic acids is 1. The van der Waals surface area contributed by atoms with Crippen LogP contribution in [0.25, 0.3) is 27.9 Å². The number of hydrogen-bond acceptors (Lipinski definition) is 5. The minimum absolute atomic E-state index is 0.0519. The Morgan fingerprint density at radius 3 is 2.50 bits per heavy atom. The number of anilines is 1. The zero-order valence-electron chi connectivity index (χ0n) is 25.1. The van der Waals surface area contributed by atoms with Crippen molar-refractivity contribution in [3.05, 3.63) is 41.5 Å². The molecular weight excluding hydrogens is 512 g/mol. The Labute approximate surface area is 239 Å². The van der Waals surface area contributed by atoms with Crippen molar-refractivity contribution in [1.82, 2.24) is 24.4 Å². The van der Waals surface area contributed by atoms with Gasteiger partial charge in [0.05, 0.1) is 11.1 Å². The van der Waals surface area contributed by atoms with E-state index in [2.05, 4.69) is 78.9 Å². The van der Waals surface area contributed by atoms with Crippen molar-refractivity contribution in [1.29, 1.82) is 0 Å². The van der Waals surface area contributed by atoms with E-state index in [-0.39, 0.29) is 11.0 Å². The molecule has 4 heterocycles. The average molecular weight is 555 g/mol. The molecule has 0 spiro atoms. The summed E-state index contributed by atoms with van der Waals surface area (Å²) in [5.74, 6) is 4.22. The number of nitrogens with zero attached hydrogens (tertiary/aromatic N) is 5. The maximum Gasteiger partial charge on any atom is 0.226 e. The van der Waals surface area contributed by atoms with Gasteiger partial charge in [0.25, 0.3) is 0 Å². The van der Waals surface area contributed by atoms with Crippen molar-refractivity contribution in [2.75, 3.05) is 18.8 Å². The van der Waals surface area contributed by atoms with Crippen LogP contribution >= 0.6 is 0 Å². The maximum absolute atomic E-state index is 13.1. The Hall–Kier alpha value is -3.44. The average Bonchev–Trinajstić information content (AvgIpc) is 3.55. The third-order valence-corrected chi connectivity index (χ3v) is 13.7. The van der Waals surface area contributed by atoms with Gasteiger partial charge in [-0.15, -0.1) is 5.54 Å². The summed E-state index contributed by atoms with van der Waals surface area (Å²) >= 11 is 0. The van der Waals surface area contributed by atoms with Gasteiger partial charge in [-0.25, -0.2) is 15.0 Å². The number of rotatable bonds is 3. The topological polar surface area (TPSA) is 89.9 Å². The number of aryl methyl sites for hydroxylation is 2. The molecular formula is C32H42N6OSi. The van der Waals surface area contributed by atoms with Crippen molar-refractivity contribution in [2.24, 2.45) is 13.0 Å². The second-order valence-corrected chi connectivity index (χ2v) is 18.0. The predicted octanol–water partition coefficient (Wildman–Crippen LogP) is 6.13. The Kier molecular flexibility index (Phi) is 7.38. The largest absolute Gasteiger partial charge is 0.383 e. The molecule has 2 N–H and O–H groups in total. The quantitative estimate of drug-likeness (QED) is 0.311. The fourth-order valence-electron chi connectivity index (χ4n) is 5.66. The summed E-state index contributed by atoms with van der Waals surface area (Å²) in [6, 6.07) is 2.09. The van der Waals surface area contributed by atoms with Crippen LogP contribution in [0.2, 0.25) is 18.1 Å². The number of carbonyl (C=O) groups is 1. The van der Waals surface area contributed by atoms with Gasteiger partial charge >= 0.3 is 0 Å². The van der Waals surface area contributed by atoms with E-state index in [0.717, 1.165) is 84.3 Å². The van der Waals surface area contributed by atoms with E-state index in [4.69, 9.17) is 10.7 Å². The van der Waals surface area contributed by atoms with Gasteiger partial charge in [-0.1, -0.05) is 45.9 Å². The smallest absolute Gasteiger partial charge is 0.226 e. The first-order valence-corrected chi connectivity index (χ1v) is 17.5. The summed E-state index contributed by atoms with van der Waals surface area (Å²) in [7, 11) is 0.286. The van der Waals surface area contributed by atoms with E-state index < -0.39 is 8.07 Å². The summed E-state index contributed by atoms with van der Waals surface area (Å²) in [6.45, 7) is 15.4. The first kappa shape index (κ1) is 28.1. The zero-order chi connectivity index (χ0) is 28.8. The maximum atomic E-state index is 13.1. The minimum Gasteiger partial charge on any atom is -0.383 e. The predicted molar refractivity (Wildman–Crippen MR) is 166 cm³/mol. The van der Waals surface area contributed by atoms with Gasteiger partial charge in [0.15, 0.2) is 0 Å². The van der Waals surface area contributed by atoms with E-state index in [1.807, 2.05) is 18.1 Å². The van der Waals surface area contributed by atoms with E-state index in [0.29, 0.717) is 11.7 Å². The van der Waals surface area contributed by atoms with Crippen LogP contribution in [0, 0.1) is 24.3 Å². The highest BCUT2D eigenvalue weighted by Crippen LogP contribution is 2.43. The second-order valence-electron chi connectivity index (χ2n) is 13.0. The van der Waals surface area contributed by atoms with E-state index in [1.165, 1.54) is 11.9 Å².